The zero-order chi connectivity index (χ0) is 18.6. The van der Waals surface area contributed by atoms with Crippen LogP contribution in [-0.4, -0.2) is 15.0 Å². The molecule has 0 bridgehead atoms. The van der Waals surface area contributed by atoms with Crippen LogP contribution in [0, 0.1) is 11.3 Å². The number of nitrogens with two attached hydrogens (primary N) is 1. The second kappa shape index (κ2) is 6.98. The highest BCUT2D eigenvalue weighted by molar-refractivity contribution is 5.89. The Labute approximate surface area is 154 Å². The Kier molecular flexibility index (Phi) is 4.21. The summed E-state index contributed by atoms with van der Waals surface area (Å²) < 4.78 is 5.73. The van der Waals surface area contributed by atoms with Gasteiger partial charge in [0.05, 0.1) is 0 Å². The molecule has 0 radical (unpaired) electrons. The lowest BCUT2D eigenvalue weighted by Gasteiger charge is -2.06. The third-order valence-electron chi connectivity index (χ3n) is 3.78. The molecule has 2 aromatic heterocycles. The molecule has 0 aliphatic rings. The average molecular weight is 354 g/mol. The van der Waals surface area contributed by atoms with Crippen LogP contribution in [-0.2, 0) is 0 Å². The van der Waals surface area contributed by atoms with Gasteiger partial charge in [-0.25, -0.2) is 0 Å². The van der Waals surface area contributed by atoms with E-state index in [1.54, 1.807) is 6.08 Å². The summed E-state index contributed by atoms with van der Waals surface area (Å²) in [5.74, 6) is 0.979. The second-order valence-corrected chi connectivity index (χ2v) is 5.69. The molecule has 0 amide bonds. The van der Waals surface area contributed by atoms with Gasteiger partial charge < -0.3 is 15.5 Å². The highest BCUT2D eigenvalue weighted by Crippen LogP contribution is 2.23. The van der Waals surface area contributed by atoms with Crippen LogP contribution in [0.25, 0.3) is 22.6 Å². The molecule has 0 spiro atoms. The summed E-state index contributed by atoms with van der Waals surface area (Å²) in [6, 6.07) is 21.0. The first kappa shape index (κ1) is 16.3. The first-order chi connectivity index (χ1) is 13.2. The smallest absolute Gasteiger partial charge is 0.232 e. The number of nitrogens with zero attached hydrogens (tertiary/aromatic N) is 4. The number of furan rings is 1. The summed E-state index contributed by atoms with van der Waals surface area (Å²) in [4.78, 5) is 12.5. The molecule has 0 aliphatic carbocycles. The van der Waals surface area contributed by atoms with Crippen LogP contribution < -0.4 is 11.1 Å². The normalized spacial score (nSPS) is 11.3. The third-order valence-corrected chi connectivity index (χ3v) is 3.78. The largest absolute Gasteiger partial charge is 0.457 e. The fraction of sp³-hybridized carbons (Fsp3) is 0. The predicted molar refractivity (Wildman–Crippen MR) is 104 cm³/mol. The van der Waals surface area contributed by atoms with E-state index in [4.69, 9.17) is 10.2 Å². The first-order valence-corrected chi connectivity index (χ1v) is 8.15. The fourth-order valence-corrected chi connectivity index (χ4v) is 2.58. The van der Waals surface area contributed by atoms with Gasteiger partial charge in [-0.1, -0.05) is 36.4 Å². The van der Waals surface area contributed by atoms with Gasteiger partial charge in [-0.3, -0.25) is 0 Å². The van der Waals surface area contributed by atoms with Crippen LogP contribution in [0.2, 0.25) is 0 Å². The SMILES string of the molecule is N#C/C(=C/c1cc2ccccc2o1)c1nc(N)nc(Nc2ccccc2)n1. The summed E-state index contributed by atoms with van der Waals surface area (Å²) in [6.07, 6.45) is 1.58. The Morgan fingerprint density at radius 1 is 1.04 bits per heavy atom. The maximum absolute atomic E-state index is 9.57. The van der Waals surface area contributed by atoms with E-state index in [2.05, 4.69) is 26.3 Å². The number of allylic oxidation sites excluding steroid dienone is 1. The van der Waals surface area contributed by atoms with Gasteiger partial charge in [0.15, 0.2) is 5.82 Å². The molecule has 7 heteroatoms. The van der Waals surface area contributed by atoms with Gasteiger partial charge in [-0.2, -0.15) is 20.2 Å². The number of rotatable bonds is 4. The molecule has 0 atom stereocenters. The molecule has 0 unspecified atom stereocenters. The lowest BCUT2D eigenvalue weighted by atomic mass is 10.2. The Morgan fingerprint density at radius 3 is 2.59 bits per heavy atom. The number of fused-ring (bicyclic) bond motifs is 1. The number of aromatic nitrogens is 3. The van der Waals surface area contributed by atoms with Crippen molar-refractivity contribution >= 4 is 40.2 Å². The number of nitrogens with one attached hydrogen (secondary N) is 1. The summed E-state index contributed by atoms with van der Waals surface area (Å²) in [5, 5.41) is 13.6. The van der Waals surface area contributed by atoms with Crippen LogP contribution in [0.15, 0.2) is 65.1 Å². The van der Waals surface area contributed by atoms with Crippen LogP contribution in [0.1, 0.15) is 11.6 Å². The van der Waals surface area contributed by atoms with Gasteiger partial charge in [-0.15, -0.1) is 0 Å². The molecule has 130 valence electrons. The van der Waals surface area contributed by atoms with Gasteiger partial charge in [-0.05, 0) is 24.3 Å². The number of benzene rings is 2. The number of anilines is 3. The lowest BCUT2D eigenvalue weighted by molar-refractivity contribution is 0.604. The fourth-order valence-electron chi connectivity index (χ4n) is 2.58. The minimum atomic E-state index is 0.0178. The number of hydrogen-bond donors (Lipinski definition) is 2. The molecular weight excluding hydrogens is 340 g/mol. The van der Waals surface area contributed by atoms with E-state index < -0.39 is 0 Å². The van der Waals surface area contributed by atoms with Crippen molar-refractivity contribution in [2.45, 2.75) is 0 Å². The van der Waals surface area contributed by atoms with Crippen molar-refractivity contribution in [3.05, 3.63) is 72.2 Å². The number of nitriles is 1. The van der Waals surface area contributed by atoms with Crippen molar-refractivity contribution in [3.8, 4) is 6.07 Å². The highest BCUT2D eigenvalue weighted by Gasteiger charge is 2.11. The minimum Gasteiger partial charge on any atom is -0.457 e. The average Bonchev–Trinajstić information content (AvgIpc) is 3.09. The minimum absolute atomic E-state index is 0.0178. The maximum Gasteiger partial charge on any atom is 0.232 e. The molecule has 0 aliphatic heterocycles. The zero-order valence-electron chi connectivity index (χ0n) is 14.1. The monoisotopic (exact) mass is 354 g/mol. The van der Waals surface area contributed by atoms with E-state index in [0.717, 1.165) is 16.7 Å². The van der Waals surface area contributed by atoms with Gasteiger partial charge in [0, 0.05) is 17.1 Å². The van der Waals surface area contributed by atoms with Crippen molar-refractivity contribution in [1.29, 1.82) is 5.26 Å². The van der Waals surface area contributed by atoms with Crippen molar-refractivity contribution in [1.82, 2.24) is 15.0 Å². The summed E-state index contributed by atoms with van der Waals surface area (Å²) in [6.45, 7) is 0. The molecule has 4 aromatic rings. The van der Waals surface area contributed by atoms with Crippen molar-refractivity contribution in [3.63, 3.8) is 0 Å². The predicted octanol–water partition coefficient (Wildman–Crippen LogP) is 4.01. The Morgan fingerprint density at radius 2 is 1.81 bits per heavy atom. The number of nitrogen functional groups attached to an aromatic ring is 1. The first-order valence-electron chi connectivity index (χ1n) is 8.15. The Hall–Kier alpha value is -4.18. The molecule has 2 heterocycles. The van der Waals surface area contributed by atoms with E-state index >= 15 is 0 Å². The topological polar surface area (TPSA) is 114 Å². The second-order valence-electron chi connectivity index (χ2n) is 5.69. The molecule has 0 saturated heterocycles. The quantitative estimate of drug-likeness (QED) is 0.532. The van der Waals surface area contributed by atoms with Gasteiger partial charge in [0.2, 0.25) is 11.9 Å². The molecule has 27 heavy (non-hydrogen) atoms. The number of para-hydroxylation sites is 2. The molecule has 0 saturated carbocycles. The highest BCUT2D eigenvalue weighted by atomic mass is 16.3. The lowest BCUT2D eigenvalue weighted by Crippen LogP contribution is -2.06. The van der Waals surface area contributed by atoms with Gasteiger partial charge in [0.1, 0.15) is 23.0 Å². The van der Waals surface area contributed by atoms with Gasteiger partial charge in [0.25, 0.3) is 0 Å². The molecule has 0 fully saturated rings. The van der Waals surface area contributed by atoms with Crippen molar-refractivity contribution in [2.75, 3.05) is 11.1 Å². The standard InChI is InChI=1S/C20H14N6O/c21-12-14(11-16-10-13-6-4-5-9-17(13)27-16)18-24-19(22)26-20(25-18)23-15-7-2-1-3-8-15/h1-11H,(H3,22,23,24,25,26)/b14-11-. The summed E-state index contributed by atoms with van der Waals surface area (Å²) in [5.41, 5.74) is 7.56. The van der Waals surface area contributed by atoms with Crippen LogP contribution in [0.4, 0.5) is 17.6 Å². The molecule has 3 N–H and O–H groups in total. The van der Waals surface area contributed by atoms with Crippen molar-refractivity contribution in [2.24, 2.45) is 0 Å². The summed E-state index contributed by atoms with van der Waals surface area (Å²) >= 11 is 0. The van der Waals surface area contributed by atoms with Gasteiger partial charge >= 0.3 is 0 Å². The maximum atomic E-state index is 9.57. The van der Waals surface area contributed by atoms with Crippen LogP contribution >= 0.6 is 0 Å². The van der Waals surface area contributed by atoms with E-state index in [1.807, 2.05) is 60.7 Å². The van der Waals surface area contributed by atoms with E-state index in [0.29, 0.717) is 5.76 Å². The van der Waals surface area contributed by atoms with Crippen molar-refractivity contribution < 1.29 is 4.42 Å². The van der Waals surface area contributed by atoms with Crippen LogP contribution in [0.3, 0.4) is 0 Å². The molecule has 4 rings (SSSR count). The van der Waals surface area contributed by atoms with E-state index in [9.17, 15) is 5.26 Å². The molecular formula is C20H14N6O. The van der Waals surface area contributed by atoms with E-state index in [1.165, 1.54) is 0 Å². The van der Waals surface area contributed by atoms with E-state index in [-0.39, 0.29) is 23.3 Å². The number of hydrogen-bond acceptors (Lipinski definition) is 7. The Bertz CT molecular complexity index is 1140. The molecule has 2 aromatic carbocycles. The van der Waals surface area contributed by atoms with Crippen LogP contribution in [0.5, 0.6) is 0 Å². The molecule has 7 nitrogen and oxygen atoms in total. The summed E-state index contributed by atoms with van der Waals surface area (Å²) in [7, 11) is 0. The Balaban J connectivity index is 1.70. The third kappa shape index (κ3) is 3.60. The zero-order valence-corrected chi connectivity index (χ0v) is 14.1.